The van der Waals surface area contributed by atoms with Gasteiger partial charge in [-0.05, 0) is 46.6 Å². The van der Waals surface area contributed by atoms with Crippen molar-refractivity contribution in [2.75, 3.05) is 7.05 Å². The largest absolute Gasteiger partial charge is 0.308 e. The summed E-state index contributed by atoms with van der Waals surface area (Å²) in [6.45, 7) is 0. The third-order valence-electron chi connectivity index (χ3n) is 2.09. The molecule has 0 aliphatic carbocycles. The standard InChI is InChI=1S/C10H10IN3S/c1-12-10(7-4-9(11)15-6-7)8-5-13-2-3-14-8/h2-6,10,12H,1H3. The summed E-state index contributed by atoms with van der Waals surface area (Å²) in [7, 11) is 1.93. The smallest absolute Gasteiger partial charge is 0.0801 e. The number of thiophene rings is 1. The van der Waals surface area contributed by atoms with Gasteiger partial charge in [-0.15, -0.1) is 11.3 Å². The summed E-state index contributed by atoms with van der Waals surface area (Å²) in [6.07, 6.45) is 5.20. The minimum atomic E-state index is 0.137. The minimum absolute atomic E-state index is 0.137. The van der Waals surface area contributed by atoms with Crippen molar-refractivity contribution in [2.45, 2.75) is 6.04 Å². The molecule has 0 aromatic carbocycles. The van der Waals surface area contributed by atoms with E-state index in [2.05, 4.69) is 49.3 Å². The molecule has 78 valence electrons. The first-order valence-electron chi connectivity index (χ1n) is 4.48. The van der Waals surface area contributed by atoms with Crippen molar-refractivity contribution in [3.63, 3.8) is 0 Å². The lowest BCUT2D eigenvalue weighted by molar-refractivity contribution is 0.669. The Labute approximate surface area is 106 Å². The van der Waals surface area contributed by atoms with Crippen LogP contribution < -0.4 is 5.32 Å². The summed E-state index contributed by atoms with van der Waals surface area (Å²) in [6, 6.07) is 2.31. The van der Waals surface area contributed by atoms with Crippen LogP contribution in [-0.4, -0.2) is 17.0 Å². The Kier molecular flexibility index (Phi) is 3.66. The zero-order valence-corrected chi connectivity index (χ0v) is 11.1. The molecule has 2 heterocycles. The van der Waals surface area contributed by atoms with Crippen molar-refractivity contribution in [1.82, 2.24) is 15.3 Å². The molecule has 5 heteroatoms. The fourth-order valence-electron chi connectivity index (χ4n) is 1.42. The highest BCUT2D eigenvalue weighted by atomic mass is 127. The van der Waals surface area contributed by atoms with Crippen molar-refractivity contribution in [1.29, 1.82) is 0 Å². The highest BCUT2D eigenvalue weighted by molar-refractivity contribution is 14.1. The number of hydrogen-bond donors (Lipinski definition) is 1. The molecule has 0 fully saturated rings. The number of nitrogens with zero attached hydrogens (tertiary/aromatic N) is 2. The van der Waals surface area contributed by atoms with E-state index in [-0.39, 0.29) is 6.04 Å². The Balaban J connectivity index is 2.33. The number of nitrogens with one attached hydrogen (secondary N) is 1. The molecular weight excluding hydrogens is 321 g/mol. The zero-order chi connectivity index (χ0) is 10.7. The van der Waals surface area contributed by atoms with E-state index in [1.165, 1.54) is 8.45 Å². The summed E-state index contributed by atoms with van der Waals surface area (Å²) >= 11 is 4.07. The van der Waals surface area contributed by atoms with Crippen LogP contribution in [0.4, 0.5) is 0 Å². The maximum Gasteiger partial charge on any atom is 0.0801 e. The van der Waals surface area contributed by atoms with E-state index in [1.54, 1.807) is 29.9 Å². The average Bonchev–Trinajstić information content (AvgIpc) is 2.68. The van der Waals surface area contributed by atoms with Gasteiger partial charge in [-0.25, -0.2) is 0 Å². The van der Waals surface area contributed by atoms with Gasteiger partial charge in [0.25, 0.3) is 0 Å². The lowest BCUT2D eigenvalue weighted by atomic mass is 10.1. The molecule has 1 N–H and O–H groups in total. The monoisotopic (exact) mass is 331 g/mol. The summed E-state index contributed by atoms with van der Waals surface area (Å²) in [5.41, 5.74) is 2.20. The first-order valence-corrected chi connectivity index (χ1v) is 6.44. The van der Waals surface area contributed by atoms with Gasteiger partial charge in [0.15, 0.2) is 0 Å². The fourth-order valence-corrected chi connectivity index (χ4v) is 2.82. The van der Waals surface area contributed by atoms with Gasteiger partial charge in [0.2, 0.25) is 0 Å². The summed E-state index contributed by atoms with van der Waals surface area (Å²) in [4.78, 5) is 8.40. The van der Waals surface area contributed by atoms with E-state index in [0.717, 1.165) is 5.69 Å². The molecule has 0 aliphatic heterocycles. The van der Waals surface area contributed by atoms with Crippen LogP contribution in [0.1, 0.15) is 17.3 Å². The molecular formula is C10H10IN3S. The van der Waals surface area contributed by atoms with E-state index < -0.39 is 0 Å². The van der Waals surface area contributed by atoms with Gasteiger partial charge in [0.05, 0.1) is 20.8 Å². The van der Waals surface area contributed by atoms with Crippen molar-refractivity contribution >= 4 is 33.9 Å². The normalized spacial score (nSPS) is 12.7. The minimum Gasteiger partial charge on any atom is -0.308 e. The number of halogens is 1. The van der Waals surface area contributed by atoms with Crippen LogP contribution >= 0.6 is 33.9 Å². The van der Waals surface area contributed by atoms with Crippen LogP contribution in [0.3, 0.4) is 0 Å². The number of aromatic nitrogens is 2. The second kappa shape index (κ2) is 5.00. The quantitative estimate of drug-likeness (QED) is 0.878. The van der Waals surface area contributed by atoms with E-state index in [1.807, 2.05) is 7.05 Å². The fraction of sp³-hybridized carbons (Fsp3) is 0.200. The van der Waals surface area contributed by atoms with Crippen LogP contribution in [0.5, 0.6) is 0 Å². The molecule has 0 saturated carbocycles. The molecule has 0 aliphatic rings. The second-order valence-corrected chi connectivity index (χ2v) is 5.84. The molecule has 0 amide bonds. The Morgan fingerprint density at radius 1 is 1.47 bits per heavy atom. The van der Waals surface area contributed by atoms with E-state index in [9.17, 15) is 0 Å². The van der Waals surface area contributed by atoms with Crippen LogP contribution in [0.15, 0.2) is 30.0 Å². The van der Waals surface area contributed by atoms with E-state index in [4.69, 9.17) is 0 Å². The molecule has 3 nitrogen and oxygen atoms in total. The summed E-state index contributed by atoms with van der Waals surface area (Å²) in [5, 5.41) is 5.40. The molecule has 0 bridgehead atoms. The van der Waals surface area contributed by atoms with Crippen LogP contribution in [0.2, 0.25) is 0 Å². The summed E-state index contributed by atoms with van der Waals surface area (Å²) < 4.78 is 1.28. The van der Waals surface area contributed by atoms with E-state index >= 15 is 0 Å². The van der Waals surface area contributed by atoms with Crippen LogP contribution in [0, 0.1) is 2.88 Å². The SMILES string of the molecule is CNC(c1csc(I)c1)c1cnccn1. The lowest BCUT2D eigenvalue weighted by Gasteiger charge is -2.13. The molecule has 0 radical (unpaired) electrons. The molecule has 1 atom stereocenters. The molecule has 2 aromatic heterocycles. The zero-order valence-electron chi connectivity index (χ0n) is 8.14. The molecule has 15 heavy (non-hydrogen) atoms. The molecule has 2 aromatic rings. The first kappa shape index (κ1) is 11.0. The van der Waals surface area contributed by atoms with Crippen molar-refractivity contribution < 1.29 is 0 Å². The van der Waals surface area contributed by atoms with Gasteiger partial charge in [0, 0.05) is 12.4 Å². The van der Waals surface area contributed by atoms with Crippen LogP contribution in [0.25, 0.3) is 0 Å². The van der Waals surface area contributed by atoms with Crippen LogP contribution in [-0.2, 0) is 0 Å². The topological polar surface area (TPSA) is 37.8 Å². The molecule has 2 rings (SSSR count). The Morgan fingerprint density at radius 2 is 2.33 bits per heavy atom. The van der Waals surface area contributed by atoms with Gasteiger partial charge in [-0.1, -0.05) is 0 Å². The predicted molar refractivity (Wildman–Crippen MR) is 70.0 cm³/mol. The summed E-state index contributed by atoms with van der Waals surface area (Å²) in [5.74, 6) is 0. The predicted octanol–water partition coefficient (Wildman–Crippen LogP) is 2.45. The van der Waals surface area contributed by atoms with Crippen molar-refractivity contribution in [3.05, 3.63) is 44.2 Å². The maximum absolute atomic E-state index is 4.31. The molecule has 1 unspecified atom stereocenters. The van der Waals surface area contributed by atoms with Gasteiger partial charge >= 0.3 is 0 Å². The Hall–Kier alpha value is -0.530. The van der Waals surface area contributed by atoms with Gasteiger partial charge < -0.3 is 5.32 Å². The van der Waals surface area contributed by atoms with Gasteiger partial charge in [-0.3, -0.25) is 9.97 Å². The number of hydrogen-bond acceptors (Lipinski definition) is 4. The highest BCUT2D eigenvalue weighted by Gasteiger charge is 2.14. The maximum atomic E-state index is 4.31. The Bertz CT molecular complexity index is 429. The average molecular weight is 331 g/mol. The van der Waals surface area contributed by atoms with Crippen molar-refractivity contribution in [2.24, 2.45) is 0 Å². The van der Waals surface area contributed by atoms with Gasteiger partial charge in [0.1, 0.15) is 0 Å². The lowest BCUT2D eigenvalue weighted by Crippen LogP contribution is -2.18. The first-order chi connectivity index (χ1) is 7.31. The second-order valence-electron chi connectivity index (χ2n) is 3.04. The van der Waals surface area contributed by atoms with Gasteiger partial charge in [-0.2, -0.15) is 0 Å². The molecule has 0 saturated heterocycles. The van der Waals surface area contributed by atoms with E-state index in [0.29, 0.717) is 0 Å². The van der Waals surface area contributed by atoms with Crippen molar-refractivity contribution in [3.8, 4) is 0 Å². The third kappa shape index (κ3) is 2.53. The number of rotatable bonds is 3. The highest BCUT2D eigenvalue weighted by Crippen LogP contribution is 2.25. The third-order valence-corrected chi connectivity index (χ3v) is 3.90. The molecule has 0 spiro atoms. The Morgan fingerprint density at radius 3 is 2.87 bits per heavy atom.